The standard InChI is InChI=1S/C15H15NO5S2/c1-3-9(14(19)20)16-13(18)12(23-15(16)22)7-8-4-5-10(17)11(6-8)21-2/h4-7,9,17H,3H2,1-2H3,(H,19,20)/p-1/t9-/m0/s1. The Morgan fingerprint density at radius 3 is 2.83 bits per heavy atom. The summed E-state index contributed by atoms with van der Waals surface area (Å²) in [7, 11) is 1.42. The molecule has 0 aliphatic carbocycles. The van der Waals surface area contributed by atoms with Gasteiger partial charge in [0.2, 0.25) is 0 Å². The minimum absolute atomic E-state index is 0.0137. The van der Waals surface area contributed by atoms with E-state index in [9.17, 15) is 19.8 Å². The number of amides is 1. The number of phenols is 1. The lowest BCUT2D eigenvalue weighted by Gasteiger charge is -2.26. The van der Waals surface area contributed by atoms with Gasteiger partial charge in [-0.2, -0.15) is 0 Å². The number of carbonyl (C=O) groups excluding carboxylic acids is 2. The maximum atomic E-state index is 12.4. The number of benzene rings is 1. The number of methoxy groups -OCH3 is 1. The Labute approximate surface area is 142 Å². The van der Waals surface area contributed by atoms with Crippen LogP contribution in [0.4, 0.5) is 0 Å². The Balaban J connectivity index is 2.33. The van der Waals surface area contributed by atoms with Crippen molar-refractivity contribution in [3.05, 3.63) is 28.7 Å². The lowest BCUT2D eigenvalue weighted by Crippen LogP contribution is -2.49. The molecule has 2 rings (SSSR count). The Morgan fingerprint density at radius 1 is 1.57 bits per heavy atom. The summed E-state index contributed by atoms with van der Waals surface area (Å²) in [6, 6.07) is 3.54. The third-order valence-corrected chi connectivity index (χ3v) is 4.63. The number of rotatable bonds is 5. The van der Waals surface area contributed by atoms with Crippen LogP contribution in [0.3, 0.4) is 0 Å². The second-order valence-electron chi connectivity index (χ2n) is 4.73. The van der Waals surface area contributed by atoms with Crippen LogP contribution in [0.2, 0.25) is 0 Å². The number of hydrogen-bond donors (Lipinski definition) is 1. The summed E-state index contributed by atoms with van der Waals surface area (Å²) < 4.78 is 5.20. The molecule has 8 heteroatoms. The molecule has 0 aromatic heterocycles. The van der Waals surface area contributed by atoms with Gasteiger partial charge >= 0.3 is 0 Å². The highest BCUT2D eigenvalue weighted by Gasteiger charge is 2.37. The van der Waals surface area contributed by atoms with E-state index in [0.717, 1.165) is 16.7 Å². The normalized spacial score (nSPS) is 17.7. The van der Waals surface area contributed by atoms with Gasteiger partial charge in [0.05, 0.1) is 24.0 Å². The zero-order valence-corrected chi connectivity index (χ0v) is 14.1. The molecule has 1 atom stereocenters. The first-order chi connectivity index (χ1) is 10.9. The van der Waals surface area contributed by atoms with E-state index < -0.39 is 17.9 Å². The molecule has 6 nitrogen and oxygen atoms in total. The lowest BCUT2D eigenvalue weighted by atomic mass is 10.1. The molecule has 1 fully saturated rings. The first-order valence-electron chi connectivity index (χ1n) is 6.74. The van der Waals surface area contributed by atoms with Crippen molar-refractivity contribution in [3.8, 4) is 11.5 Å². The molecule has 0 saturated carbocycles. The molecule has 1 aromatic carbocycles. The zero-order valence-electron chi connectivity index (χ0n) is 12.4. The molecule has 1 aliphatic heterocycles. The molecular weight excluding hydrogens is 338 g/mol. The number of thiocarbonyl (C=S) groups is 1. The van der Waals surface area contributed by atoms with Gasteiger partial charge in [0.25, 0.3) is 5.91 Å². The number of ether oxygens (including phenoxy) is 1. The van der Waals surface area contributed by atoms with Crippen LogP contribution in [-0.4, -0.2) is 39.4 Å². The Kier molecular flexibility index (Phi) is 5.27. The quantitative estimate of drug-likeness (QED) is 0.627. The average Bonchev–Trinajstić information content (AvgIpc) is 2.77. The van der Waals surface area contributed by atoms with Crippen molar-refractivity contribution >= 4 is 46.3 Å². The number of thioether (sulfide) groups is 1. The number of aliphatic carboxylic acids is 1. The number of carbonyl (C=O) groups is 2. The van der Waals surface area contributed by atoms with Crippen LogP contribution in [0.1, 0.15) is 18.9 Å². The van der Waals surface area contributed by atoms with Gasteiger partial charge in [0, 0.05) is 0 Å². The molecule has 1 aromatic rings. The van der Waals surface area contributed by atoms with Crippen LogP contribution in [0.25, 0.3) is 6.08 Å². The smallest absolute Gasteiger partial charge is 0.266 e. The van der Waals surface area contributed by atoms with Crippen molar-refractivity contribution in [1.29, 1.82) is 0 Å². The predicted molar refractivity (Wildman–Crippen MR) is 88.8 cm³/mol. The van der Waals surface area contributed by atoms with Gasteiger partial charge in [-0.15, -0.1) is 0 Å². The van der Waals surface area contributed by atoms with Gasteiger partial charge in [0.1, 0.15) is 4.32 Å². The van der Waals surface area contributed by atoms with Crippen molar-refractivity contribution in [2.24, 2.45) is 0 Å². The minimum atomic E-state index is -1.34. The molecule has 0 radical (unpaired) electrons. The van der Waals surface area contributed by atoms with Crippen molar-refractivity contribution in [2.45, 2.75) is 19.4 Å². The van der Waals surface area contributed by atoms with Gasteiger partial charge < -0.3 is 19.7 Å². The number of hydrogen-bond acceptors (Lipinski definition) is 7. The van der Waals surface area contributed by atoms with E-state index in [-0.39, 0.29) is 22.2 Å². The highest BCUT2D eigenvalue weighted by molar-refractivity contribution is 8.26. The summed E-state index contributed by atoms with van der Waals surface area (Å²) in [5.41, 5.74) is 0.627. The lowest BCUT2D eigenvalue weighted by molar-refractivity contribution is -0.310. The molecule has 1 heterocycles. The van der Waals surface area contributed by atoms with Crippen LogP contribution >= 0.6 is 24.0 Å². The van der Waals surface area contributed by atoms with Gasteiger partial charge in [0.15, 0.2) is 11.5 Å². The molecular formula is C15H14NO5S2-. The fraction of sp³-hybridized carbons (Fsp3) is 0.267. The Morgan fingerprint density at radius 2 is 2.26 bits per heavy atom. The highest BCUT2D eigenvalue weighted by Crippen LogP contribution is 2.35. The molecule has 1 N–H and O–H groups in total. The number of nitrogens with zero attached hydrogens (tertiary/aromatic N) is 1. The van der Waals surface area contributed by atoms with Crippen LogP contribution in [0.15, 0.2) is 23.1 Å². The van der Waals surface area contributed by atoms with Crippen LogP contribution in [0, 0.1) is 0 Å². The van der Waals surface area contributed by atoms with Gasteiger partial charge in [-0.1, -0.05) is 37.0 Å². The number of carboxylic acids is 1. The monoisotopic (exact) mass is 352 g/mol. The maximum absolute atomic E-state index is 12.4. The molecule has 1 saturated heterocycles. The summed E-state index contributed by atoms with van der Waals surface area (Å²) in [6.07, 6.45) is 1.78. The van der Waals surface area contributed by atoms with Crippen molar-refractivity contribution in [3.63, 3.8) is 0 Å². The van der Waals surface area contributed by atoms with E-state index in [1.807, 2.05) is 0 Å². The van der Waals surface area contributed by atoms with E-state index in [2.05, 4.69) is 0 Å². The Hall–Kier alpha value is -2.06. The predicted octanol–water partition coefficient (Wildman–Crippen LogP) is 1.13. The van der Waals surface area contributed by atoms with Gasteiger partial charge in [-0.25, -0.2) is 0 Å². The van der Waals surface area contributed by atoms with E-state index in [1.165, 1.54) is 13.2 Å². The van der Waals surface area contributed by atoms with Crippen LogP contribution in [0.5, 0.6) is 11.5 Å². The van der Waals surface area contributed by atoms with E-state index in [1.54, 1.807) is 25.1 Å². The first kappa shape index (κ1) is 17.3. The molecule has 0 bridgehead atoms. The van der Waals surface area contributed by atoms with E-state index >= 15 is 0 Å². The van der Waals surface area contributed by atoms with Crippen molar-refractivity contribution < 1.29 is 24.5 Å². The van der Waals surface area contributed by atoms with Gasteiger partial charge in [-0.05, 0) is 30.2 Å². The molecule has 122 valence electrons. The molecule has 1 amide bonds. The van der Waals surface area contributed by atoms with Gasteiger partial charge in [-0.3, -0.25) is 9.69 Å². The van der Waals surface area contributed by atoms with Crippen LogP contribution in [-0.2, 0) is 9.59 Å². The van der Waals surface area contributed by atoms with Crippen molar-refractivity contribution in [2.75, 3.05) is 7.11 Å². The second-order valence-corrected chi connectivity index (χ2v) is 6.40. The van der Waals surface area contributed by atoms with Crippen molar-refractivity contribution in [1.82, 2.24) is 4.90 Å². The zero-order chi connectivity index (χ0) is 17.1. The summed E-state index contributed by atoms with van der Waals surface area (Å²) >= 11 is 6.14. The average molecular weight is 352 g/mol. The summed E-state index contributed by atoms with van der Waals surface area (Å²) in [4.78, 5) is 25.0. The summed E-state index contributed by atoms with van der Waals surface area (Å²) in [5.74, 6) is -1.55. The van der Waals surface area contributed by atoms with Crippen LogP contribution < -0.4 is 9.84 Å². The molecule has 0 unspecified atom stereocenters. The third-order valence-electron chi connectivity index (χ3n) is 3.30. The molecule has 23 heavy (non-hydrogen) atoms. The largest absolute Gasteiger partial charge is 0.548 e. The Bertz CT molecular complexity index is 701. The fourth-order valence-corrected chi connectivity index (χ4v) is 3.50. The third kappa shape index (κ3) is 3.48. The number of carboxylic acid groups (broad SMARTS) is 1. The molecule has 1 aliphatic rings. The topological polar surface area (TPSA) is 89.9 Å². The van der Waals surface area contributed by atoms with E-state index in [4.69, 9.17) is 17.0 Å². The first-order valence-corrected chi connectivity index (χ1v) is 7.96. The maximum Gasteiger partial charge on any atom is 0.266 e. The summed E-state index contributed by atoms with van der Waals surface area (Å²) in [5, 5.41) is 20.7. The second kappa shape index (κ2) is 7.01. The SMILES string of the molecule is CC[C@@H](C(=O)[O-])N1C(=O)C(=Cc2ccc(O)c(OC)c2)SC1=S. The fourth-order valence-electron chi connectivity index (χ4n) is 2.14. The summed E-state index contributed by atoms with van der Waals surface area (Å²) in [6.45, 7) is 1.65. The van der Waals surface area contributed by atoms with E-state index in [0.29, 0.717) is 10.5 Å². The molecule has 0 spiro atoms. The number of phenolic OH excluding ortho intramolecular Hbond substituents is 1. The highest BCUT2D eigenvalue weighted by atomic mass is 32.2. The minimum Gasteiger partial charge on any atom is -0.548 e. The number of aromatic hydroxyl groups is 1.